The Bertz CT molecular complexity index is 1150. The van der Waals surface area contributed by atoms with Gasteiger partial charge >= 0.3 is 0 Å². The summed E-state index contributed by atoms with van der Waals surface area (Å²) in [5.41, 5.74) is 5.60. The number of ether oxygens (including phenoxy) is 1. The number of thiazole rings is 1. The summed E-state index contributed by atoms with van der Waals surface area (Å²) in [6.07, 6.45) is 0. The van der Waals surface area contributed by atoms with E-state index in [4.69, 9.17) is 9.72 Å². The van der Waals surface area contributed by atoms with E-state index in [0.717, 1.165) is 27.5 Å². The molecule has 4 nitrogen and oxygen atoms in total. The Labute approximate surface area is 173 Å². The van der Waals surface area contributed by atoms with Crippen molar-refractivity contribution in [2.75, 3.05) is 12.4 Å². The molecular weight excluding hydrogens is 380 g/mol. The first-order valence-electron chi connectivity index (χ1n) is 9.21. The van der Waals surface area contributed by atoms with Crippen molar-refractivity contribution in [1.29, 1.82) is 0 Å². The van der Waals surface area contributed by atoms with Crippen molar-refractivity contribution in [3.8, 4) is 27.6 Å². The summed E-state index contributed by atoms with van der Waals surface area (Å²) >= 11 is 1.63. The molecule has 0 radical (unpaired) electrons. The van der Waals surface area contributed by atoms with Crippen LogP contribution in [0.5, 0.6) is 5.75 Å². The van der Waals surface area contributed by atoms with E-state index in [9.17, 15) is 4.79 Å². The van der Waals surface area contributed by atoms with Crippen LogP contribution < -0.4 is 10.1 Å². The summed E-state index contributed by atoms with van der Waals surface area (Å²) in [4.78, 5) is 17.2. The lowest BCUT2D eigenvalue weighted by Gasteiger charge is -2.07. The van der Waals surface area contributed by atoms with E-state index in [-0.39, 0.29) is 5.91 Å². The van der Waals surface area contributed by atoms with Gasteiger partial charge in [-0.2, -0.15) is 0 Å². The summed E-state index contributed by atoms with van der Waals surface area (Å²) in [6.45, 7) is 2.09. The molecule has 0 unspecified atom stereocenters. The first kappa shape index (κ1) is 18.9. The highest BCUT2D eigenvalue weighted by Crippen LogP contribution is 2.31. The highest BCUT2D eigenvalue weighted by Gasteiger charge is 2.10. The Morgan fingerprint density at radius 2 is 1.79 bits per heavy atom. The van der Waals surface area contributed by atoms with Crippen LogP contribution in [0.4, 0.5) is 5.69 Å². The number of carbonyl (C=O) groups is 1. The van der Waals surface area contributed by atoms with Crippen LogP contribution in [0.3, 0.4) is 0 Å². The van der Waals surface area contributed by atoms with Crippen molar-refractivity contribution in [2.45, 2.75) is 6.92 Å². The van der Waals surface area contributed by atoms with Gasteiger partial charge in [0.2, 0.25) is 0 Å². The number of hydrogen-bond acceptors (Lipinski definition) is 4. The van der Waals surface area contributed by atoms with E-state index in [0.29, 0.717) is 11.3 Å². The number of benzene rings is 3. The van der Waals surface area contributed by atoms with Crippen molar-refractivity contribution < 1.29 is 9.53 Å². The Morgan fingerprint density at radius 3 is 2.55 bits per heavy atom. The molecule has 144 valence electrons. The lowest BCUT2D eigenvalue weighted by molar-refractivity contribution is 0.102. The van der Waals surface area contributed by atoms with E-state index >= 15 is 0 Å². The zero-order chi connectivity index (χ0) is 20.2. The summed E-state index contributed by atoms with van der Waals surface area (Å²) in [5.74, 6) is 0.480. The highest BCUT2D eigenvalue weighted by atomic mass is 32.1. The second-order valence-electron chi connectivity index (χ2n) is 6.62. The first-order chi connectivity index (χ1) is 14.1. The fourth-order valence-electron chi connectivity index (χ4n) is 3.03. The van der Waals surface area contributed by atoms with Crippen LogP contribution in [0.2, 0.25) is 0 Å². The molecule has 4 rings (SSSR count). The molecule has 1 aromatic heterocycles. The molecule has 5 heteroatoms. The van der Waals surface area contributed by atoms with Crippen molar-refractivity contribution in [3.63, 3.8) is 0 Å². The lowest BCUT2D eigenvalue weighted by atomic mass is 10.1. The average molecular weight is 401 g/mol. The minimum atomic E-state index is -0.174. The molecule has 0 aliphatic heterocycles. The molecule has 29 heavy (non-hydrogen) atoms. The molecule has 0 fully saturated rings. The van der Waals surface area contributed by atoms with E-state index in [1.165, 1.54) is 5.56 Å². The van der Waals surface area contributed by atoms with Gasteiger partial charge in [-0.05, 0) is 42.8 Å². The van der Waals surface area contributed by atoms with Gasteiger partial charge in [-0.3, -0.25) is 4.79 Å². The van der Waals surface area contributed by atoms with Gasteiger partial charge in [0.1, 0.15) is 10.8 Å². The molecule has 3 aromatic carbocycles. The molecule has 0 aliphatic carbocycles. The van der Waals surface area contributed by atoms with Crippen molar-refractivity contribution in [1.82, 2.24) is 4.98 Å². The lowest BCUT2D eigenvalue weighted by Crippen LogP contribution is -2.11. The third-order valence-corrected chi connectivity index (χ3v) is 5.53. The first-order valence-corrected chi connectivity index (χ1v) is 10.1. The Kier molecular flexibility index (Phi) is 5.40. The van der Waals surface area contributed by atoms with E-state index < -0.39 is 0 Å². The third-order valence-electron chi connectivity index (χ3n) is 4.65. The predicted molar refractivity (Wildman–Crippen MR) is 119 cm³/mol. The van der Waals surface area contributed by atoms with Gasteiger partial charge in [-0.25, -0.2) is 4.98 Å². The quantitative estimate of drug-likeness (QED) is 0.444. The van der Waals surface area contributed by atoms with Gasteiger partial charge in [-0.15, -0.1) is 11.3 Å². The maximum Gasteiger partial charge on any atom is 0.255 e. The van der Waals surface area contributed by atoms with Gasteiger partial charge in [0.25, 0.3) is 5.91 Å². The van der Waals surface area contributed by atoms with Crippen LogP contribution >= 0.6 is 11.3 Å². The van der Waals surface area contributed by atoms with E-state index in [2.05, 4.69) is 29.8 Å². The predicted octanol–water partition coefficient (Wildman–Crippen LogP) is 6.05. The molecule has 0 spiro atoms. The number of carbonyl (C=O) groups excluding carboxylic acids is 1. The van der Waals surface area contributed by atoms with Crippen molar-refractivity contribution >= 4 is 22.9 Å². The summed E-state index contributed by atoms with van der Waals surface area (Å²) in [5, 5.41) is 5.98. The molecule has 0 atom stereocenters. The number of anilines is 1. The highest BCUT2D eigenvalue weighted by molar-refractivity contribution is 7.13. The zero-order valence-corrected chi connectivity index (χ0v) is 17.0. The van der Waals surface area contributed by atoms with Crippen molar-refractivity contribution in [2.24, 2.45) is 0 Å². The number of aromatic nitrogens is 1. The number of methoxy groups -OCH3 is 1. The minimum Gasteiger partial charge on any atom is -0.497 e. The number of amides is 1. The normalized spacial score (nSPS) is 10.6. The molecule has 0 saturated carbocycles. The zero-order valence-electron chi connectivity index (χ0n) is 16.2. The molecule has 1 N–H and O–H groups in total. The van der Waals surface area contributed by atoms with Gasteiger partial charge in [-0.1, -0.05) is 42.5 Å². The molecule has 4 aromatic rings. The van der Waals surface area contributed by atoms with E-state index in [1.54, 1.807) is 36.6 Å². The molecule has 1 heterocycles. The third kappa shape index (κ3) is 4.20. The molecule has 0 saturated heterocycles. The topological polar surface area (TPSA) is 51.2 Å². The number of hydrogen-bond donors (Lipinski definition) is 1. The number of aryl methyl sites for hydroxylation is 1. The van der Waals surface area contributed by atoms with Crippen LogP contribution in [0, 0.1) is 6.92 Å². The summed E-state index contributed by atoms with van der Waals surface area (Å²) in [6, 6.07) is 23.0. The van der Waals surface area contributed by atoms with Crippen LogP contribution in [-0.4, -0.2) is 18.0 Å². The maximum absolute atomic E-state index is 12.5. The Morgan fingerprint density at radius 1 is 1.00 bits per heavy atom. The van der Waals surface area contributed by atoms with Crippen LogP contribution in [0.25, 0.3) is 21.8 Å². The largest absolute Gasteiger partial charge is 0.497 e. The van der Waals surface area contributed by atoms with Gasteiger partial charge in [0, 0.05) is 27.8 Å². The number of nitrogens with zero attached hydrogens (tertiary/aromatic N) is 1. The minimum absolute atomic E-state index is 0.174. The second-order valence-corrected chi connectivity index (χ2v) is 7.47. The van der Waals surface area contributed by atoms with Crippen LogP contribution in [-0.2, 0) is 0 Å². The molecular formula is C24H20N2O2S. The maximum atomic E-state index is 12.5. The fourth-order valence-corrected chi connectivity index (χ4v) is 3.95. The van der Waals surface area contributed by atoms with Crippen LogP contribution in [0.1, 0.15) is 15.9 Å². The van der Waals surface area contributed by atoms with Gasteiger partial charge in [0.05, 0.1) is 12.8 Å². The SMILES string of the molecule is COc1cccc(C(=O)Nc2ccc(-c3csc(-c4ccccc4C)n3)cc2)c1. The fraction of sp³-hybridized carbons (Fsp3) is 0.0833. The average Bonchev–Trinajstić information content (AvgIpc) is 3.24. The summed E-state index contributed by atoms with van der Waals surface area (Å²) < 4.78 is 5.18. The molecule has 0 aliphatic rings. The van der Waals surface area contributed by atoms with Crippen LogP contribution in [0.15, 0.2) is 78.2 Å². The number of rotatable bonds is 5. The Hall–Kier alpha value is -3.44. The van der Waals surface area contributed by atoms with E-state index in [1.807, 2.05) is 42.5 Å². The number of nitrogens with one attached hydrogen (secondary N) is 1. The van der Waals surface area contributed by atoms with Gasteiger partial charge < -0.3 is 10.1 Å². The standard InChI is InChI=1S/C24H20N2O2S/c1-16-6-3-4-9-21(16)24-26-22(15-29-24)17-10-12-19(13-11-17)25-23(27)18-7-5-8-20(14-18)28-2/h3-15H,1-2H3,(H,25,27). The monoisotopic (exact) mass is 400 g/mol. The Balaban J connectivity index is 1.50. The molecule has 1 amide bonds. The smallest absolute Gasteiger partial charge is 0.255 e. The second kappa shape index (κ2) is 8.29. The summed E-state index contributed by atoms with van der Waals surface area (Å²) in [7, 11) is 1.58. The van der Waals surface area contributed by atoms with Crippen molar-refractivity contribution in [3.05, 3.63) is 89.3 Å². The van der Waals surface area contributed by atoms with Gasteiger partial charge in [0.15, 0.2) is 0 Å². The molecule has 0 bridgehead atoms.